The summed E-state index contributed by atoms with van der Waals surface area (Å²) in [5.41, 5.74) is 0. The molecule has 1 fully saturated rings. The lowest BCUT2D eigenvalue weighted by Crippen LogP contribution is -2.39. The Morgan fingerprint density at radius 2 is 2.24 bits per heavy atom. The second kappa shape index (κ2) is 9.94. The Morgan fingerprint density at radius 3 is 2.82 bits per heavy atom. The van der Waals surface area contributed by atoms with Gasteiger partial charge in [-0.15, -0.1) is 24.0 Å². The van der Waals surface area contributed by atoms with Crippen LogP contribution in [0.15, 0.2) is 4.99 Å². The molecule has 0 radical (unpaired) electrons. The van der Waals surface area contributed by atoms with Gasteiger partial charge in [-0.25, -0.2) is 0 Å². The van der Waals surface area contributed by atoms with E-state index in [1.165, 1.54) is 19.3 Å². The summed E-state index contributed by atoms with van der Waals surface area (Å²) < 4.78 is 5.00. The Balaban J connectivity index is 0.00000256. The van der Waals surface area contributed by atoms with Gasteiger partial charge >= 0.3 is 0 Å². The van der Waals surface area contributed by atoms with Crippen LogP contribution >= 0.6 is 24.0 Å². The van der Waals surface area contributed by atoms with Crippen LogP contribution < -0.4 is 10.6 Å². The van der Waals surface area contributed by atoms with Crippen molar-refractivity contribution in [2.45, 2.75) is 38.6 Å². The van der Waals surface area contributed by atoms with Crippen molar-refractivity contribution < 1.29 is 4.74 Å². The molecule has 0 aromatic heterocycles. The lowest BCUT2D eigenvalue weighted by Gasteiger charge is -2.11. The van der Waals surface area contributed by atoms with Crippen molar-refractivity contribution in [3.05, 3.63) is 0 Å². The molecule has 1 aliphatic rings. The highest BCUT2D eigenvalue weighted by Crippen LogP contribution is 2.34. The zero-order chi connectivity index (χ0) is 11.8. The number of hydrogen-bond acceptors (Lipinski definition) is 2. The molecule has 1 aliphatic carbocycles. The minimum absolute atomic E-state index is 0. The molecule has 0 heterocycles. The topological polar surface area (TPSA) is 45.7 Å². The van der Waals surface area contributed by atoms with Gasteiger partial charge < -0.3 is 15.4 Å². The third kappa shape index (κ3) is 7.08. The van der Waals surface area contributed by atoms with Gasteiger partial charge in [-0.3, -0.25) is 4.99 Å². The number of nitrogens with one attached hydrogen (secondary N) is 2. The molecule has 1 saturated carbocycles. The molecule has 0 aromatic rings. The van der Waals surface area contributed by atoms with E-state index in [2.05, 4.69) is 22.5 Å². The number of aliphatic imine (C=N–C) groups is 1. The Morgan fingerprint density at radius 1 is 1.47 bits per heavy atom. The van der Waals surface area contributed by atoms with Gasteiger partial charge in [0.2, 0.25) is 0 Å². The summed E-state index contributed by atoms with van der Waals surface area (Å²) in [6.07, 6.45) is 4.92. The van der Waals surface area contributed by atoms with E-state index in [1.807, 2.05) is 7.05 Å². The SMILES string of the molecule is CCCC1CC1NC(=NC)NCCCOC.I. The smallest absolute Gasteiger partial charge is 0.191 e. The molecule has 2 unspecified atom stereocenters. The predicted molar refractivity (Wildman–Crippen MR) is 83.2 cm³/mol. The first-order valence-corrected chi connectivity index (χ1v) is 6.28. The highest BCUT2D eigenvalue weighted by Gasteiger charge is 2.36. The van der Waals surface area contributed by atoms with Gasteiger partial charge in [0.1, 0.15) is 0 Å². The van der Waals surface area contributed by atoms with Gasteiger partial charge in [-0.05, 0) is 25.2 Å². The lowest BCUT2D eigenvalue weighted by atomic mass is 10.2. The third-order valence-corrected chi connectivity index (χ3v) is 2.95. The second-order valence-electron chi connectivity index (χ2n) is 4.38. The highest BCUT2D eigenvalue weighted by molar-refractivity contribution is 14.0. The molecule has 2 N–H and O–H groups in total. The van der Waals surface area contributed by atoms with Gasteiger partial charge in [0.15, 0.2) is 5.96 Å². The molecule has 0 bridgehead atoms. The Hall–Kier alpha value is -0.0400. The van der Waals surface area contributed by atoms with E-state index in [-0.39, 0.29) is 24.0 Å². The number of rotatable bonds is 7. The average Bonchev–Trinajstić information content (AvgIpc) is 3.01. The quantitative estimate of drug-likeness (QED) is 0.318. The van der Waals surface area contributed by atoms with Crippen molar-refractivity contribution >= 4 is 29.9 Å². The largest absolute Gasteiger partial charge is 0.385 e. The first-order valence-electron chi connectivity index (χ1n) is 6.28. The van der Waals surface area contributed by atoms with Crippen molar-refractivity contribution in [2.24, 2.45) is 10.9 Å². The summed E-state index contributed by atoms with van der Waals surface area (Å²) >= 11 is 0. The van der Waals surface area contributed by atoms with Crippen molar-refractivity contribution in [1.29, 1.82) is 0 Å². The van der Waals surface area contributed by atoms with Crippen molar-refractivity contribution in [1.82, 2.24) is 10.6 Å². The predicted octanol–water partition coefficient (Wildman–Crippen LogP) is 1.99. The minimum Gasteiger partial charge on any atom is -0.385 e. The highest BCUT2D eigenvalue weighted by atomic mass is 127. The summed E-state index contributed by atoms with van der Waals surface area (Å²) in [5.74, 6) is 1.79. The van der Waals surface area contributed by atoms with Crippen molar-refractivity contribution in [2.75, 3.05) is 27.3 Å². The van der Waals surface area contributed by atoms with Crippen LogP contribution in [0.5, 0.6) is 0 Å². The average molecular weight is 355 g/mol. The number of nitrogens with zero attached hydrogens (tertiary/aromatic N) is 1. The maximum absolute atomic E-state index is 5.00. The van der Waals surface area contributed by atoms with Crippen LogP contribution in [0.25, 0.3) is 0 Å². The minimum atomic E-state index is 0. The Bertz CT molecular complexity index is 224. The Labute approximate surface area is 122 Å². The molecule has 102 valence electrons. The number of hydrogen-bond donors (Lipinski definition) is 2. The van der Waals surface area contributed by atoms with Crippen molar-refractivity contribution in [3.8, 4) is 0 Å². The second-order valence-corrected chi connectivity index (χ2v) is 4.38. The van der Waals surface area contributed by atoms with Crippen LogP contribution in [0.4, 0.5) is 0 Å². The van der Waals surface area contributed by atoms with Crippen LogP contribution in [0.2, 0.25) is 0 Å². The number of guanidine groups is 1. The van der Waals surface area contributed by atoms with Crippen molar-refractivity contribution in [3.63, 3.8) is 0 Å². The van der Waals surface area contributed by atoms with Gasteiger partial charge in [-0.1, -0.05) is 13.3 Å². The van der Waals surface area contributed by atoms with Gasteiger partial charge in [-0.2, -0.15) is 0 Å². The van der Waals surface area contributed by atoms with E-state index >= 15 is 0 Å². The molecule has 0 saturated heterocycles. The summed E-state index contributed by atoms with van der Waals surface area (Å²) in [5, 5.41) is 6.75. The van der Waals surface area contributed by atoms with Crippen LogP contribution in [0, 0.1) is 5.92 Å². The third-order valence-electron chi connectivity index (χ3n) is 2.95. The van der Waals surface area contributed by atoms with Crippen LogP contribution in [0.1, 0.15) is 32.6 Å². The summed E-state index contributed by atoms with van der Waals surface area (Å²) in [6.45, 7) is 3.96. The molecular weight excluding hydrogens is 329 g/mol. The van der Waals surface area contributed by atoms with Crippen LogP contribution in [0.3, 0.4) is 0 Å². The zero-order valence-electron chi connectivity index (χ0n) is 11.2. The molecule has 4 nitrogen and oxygen atoms in total. The molecule has 1 rings (SSSR count). The standard InChI is InChI=1S/C12H25N3O.HI/c1-4-6-10-9-11(10)15-12(13-2)14-7-5-8-16-3;/h10-11H,4-9H2,1-3H3,(H2,13,14,15);1H. The van der Waals surface area contributed by atoms with Gasteiger partial charge in [0.25, 0.3) is 0 Å². The fourth-order valence-corrected chi connectivity index (χ4v) is 1.91. The molecular formula is C12H26IN3O. The van der Waals surface area contributed by atoms with E-state index in [0.29, 0.717) is 6.04 Å². The van der Waals surface area contributed by atoms with E-state index < -0.39 is 0 Å². The van der Waals surface area contributed by atoms with E-state index in [9.17, 15) is 0 Å². The molecule has 0 aliphatic heterocycles. The first kappa shape index (κ1) is 17.0. The summed E-state index contributed by atoms with van der Waals surface area (Å²) in [6, 6.07) is 0.647. The van der Waals surface area contributed by atoms with Crippen LogP contribution in [-0.4, -0.2) is 39.3 Å². The molecule has 2 atom stereocenters. The van der Waals surface area contributed by atoms with Gasteiger partial charge in [0.05, 0.1) is 0 Å². The molecule has 0 aromatic carbocycles. The summed E-state index contributed by atoms with van der Waals surface area (Å²) in [7, 11) is 3.55. The van der Waals surface area contributed by atoms with E-state index in [1.54, 1.807) is 7.11 Å². The number of methoxy groups -OCH3 is 1. The molecule has 5 heteroatoms. The zero-order valence-corrected chi connectivity index (χ0v) is 13.5. The fourth-order valence-electron chi connectivity index (χ4n) is 1.91. The molecule has 0 amide bonds. The normalized spacial score (nSPS) is 22.9. The monoisotopic (exact) mass is 355 g/mol. The maximum Gasteiger partial charge on any atom is 0.191 e. The number of ether oxygens (including phenoxy) is 1. The fraction of sp³-hybridized carbons (Fsp3) is 0.917. The summed E-state index contributed by atoms with van der Waals surface area (Å²) in [4.78, 5) is 4.21. The molecule has 0 spiro atoms. The van der Waals surface area contributed by atoms with Crippen LogP contribution in [-0.2, 0) is 4.74 Å². The number of halogens is 1. The first-order chi connectivity index (χ1) is 7.81. The van der Waals surface area contributed by atoms with Gasteiger partial charge in [0, 0.05) is 33.4 Å². The Kier molecular flexibility index (Phi) is 9.91. The maximum atomic E-state index is 5.00. The lowest BCUT2D eigenvalue weighted by molar-refractivity contribution is 0.195. The van der Waals surface area contributed by atoms with E-state index in [4.69, 9.17) is 4.74 Å². The molecule has 17 heavy (non-hydrogen) atoms. The van der Waals surface area contributed by atoms with E-state index in [0.717, 1.165) is 31.4 Å².